The number of carbonyl (C=O) groups is 1. The summed E-state index contributed by atoms with van der Waals surface area (Å²) in [7, 11) is 0. The summed E-state index contributed by atoms with van der Waals surface area (Å²) < 4.78 is 16.7. The second-order valence-corrected chi connectivity index (χ2v) is 8.39. The van der Waals surface area contributed by atoms with Crippen LogP contribution in [0.2, 0.25) is 0 Å². The Morgan fingerprint density at radius 2 is 2.17 bits per heavy atom. The molecule has 1 N–H and O–H groups in total. The second-order valence-electron chi connectivity index (χ2n) is 8.39. The highest BCUT2D eigenvalue weighted by molar-refractivity contribution is 5.93. The van der Waals surface area contributed by atoms with Crippen LogP contribution in [0.25, 0.3) is 0 Å². The summed E-state index contributed by atoms with van der Waals surface area (Å²) in [5.41, 5.74) is 1.20. The van der Waals surface area contributed by atoms with E-state index in [1.165, 1.54) is 12.8 Å². The minimum absolute atomic E-state index is 0.257. The van der Waals surface area contributed by atoms with Crippen LogP contribution in [-0.4, -0.2) is 47.5 Å². The molecule has 0 radical (unpaired) electrons. The Labute approximate surface area is 175 Å². The van der Waals surface area contributed by atoms with Crippen molar-refractivity contribution in [2.45, 2.75) is 45.1 Å². The van der Waals surface area contributed by atoms with E-state index in [9.17, 15) is 4.79 Å². The van der Waals surface area contributed by atoms with Crippen LogP contribution in [0, 0.1) is 18.8 Å². The highest BCUT2D eigenvalue weighted by Crippen LogP contribution is 2.40. The van der Waals surface area contributed by atoms with Crippen molar-refractivity contribution in [2.24, 2.45) is 11.8 Å². The van der Waals surface area contributed by atoms with Gasteiger partial charge >= 0.3 is 0 Å². The SMILES string of the molecule is Cc1nc(C(NC(=O)c2ccc(N3CCCOC3)c(OCC3CC3)n2)C2CC2)no1. The molecule has 1 saturated heterocycles. The van der Waals surface area contributed by atoms with Crippen LogP contribution in [-0.2, 0) is 4.74 Å². The molecule has 3 aliphatic rings. The van der Waals surface area contributed by atoms with Gasteiger partial charge in [0, 0.05) is 13.5 Å². The Morgan fingerprint density at radius 3 is 2.83 bits per heavy atom. The van der Waals surface area contributed by atoms with E-state index in [1.807, 2.05) is 6.07 Å². The van der Waals surface area contributed by atoms with Gasteiger partial charge in [0.05, 0.1) is 19.3 Å². The lowest BCUT2D eigenvalue weighted by molar-refractivity contribution is 0.0922. The van der Waals surface area contributed by atoms with Crippen molar-refractivity contribution in [3.63, 3.8) is 0 Å². The fourth-order valence-electron chi connectivity index (χ4n) is 3.65. The molecule has 1 aliphatic heterocycles. The lowest BCUT2D eigenvalue weighted by Crippen LogP contribution is -2.34. The van der Waals surface area contributed by atoms with Crippen LogP contribution < -0.4 is 15.0 Å². The van der Waals surface area contributed by atoms with Gasteiger partial charge in [-0.05, 0) is 56.1 Å². The molecule has 160 valence electrons. The molecule has 1 unspecified atom stereocenters. The van der Waals surface area contributed by atoms with E-state index in [4.69, 9.17) is 14.0 Å². The summed E-state index contributed by atoms with van der Waals surface area (Å²) in [5, 5.41) is 7.05. The molecule has 9 heteroatoms. The maximum atomic E-state index is 13.0. The average Bonchev–Trinajstić information content (AvgIpc) is 3.70. The van der Waals surface area contributed by atoms with E-state index in [2.05, 4.69) is 25.3 Å². The smallest absolute Gasteiger partial charge is 0.270 e. The van der Waals surface area contributed by atoms with Gasteiger partial charge in [-0.25, -0.2) is 4.98 Å². The first-order chi connectivity index (χ1) is 14.7. The van der Waals surface area contributed by atoms with E-state index in [1.54, 1.807) is 13.0 Å². The summed E-state index contributed by atoms with van der Waals surface area (Å²) in [6.45, 7) is 4.53. The van der Waals surface area contributed by atoms with Gasteiger partial charge in [0.2, 0.25) is 11.8 Å². The first-order valence-electron chi connectivity index (χ1n) is 10.7. The Balaban J connectivity index is 1.35. The zero-order valence-corrected chi connectivity index (χ0v) is 17.2. The van der Waals surface area contributed by atoms with Crippen molar-refractivity contribution in [1.82, 2.24) is 20.4 Å². The summed E-state index contributed by atoms with van der Waals surface area (Å²) >= 11 is 0. The maximum Gasteiger partial charge on any atom is 0.270 e. The van der Waals surface area contributed by atoms with Crippen LogP contribution in [0.5, 0.6) is 5.88 Å². The minimum Gasteiger partial charge on any atom is -0.476 e. The number of aryl methyl sites for hydroxylation is 1. The third-order valence-electron chi connectivity index (χ3n) is 5.73. The number of hydrogen-bond acceptors (Lipinski definition) is 8. The van der Waals surface area contributed by atoms with E-state index in [-0.39, 0.29) is 11.9 Å². The van der Waals surface area contributed by atoms with Crippen LogP contribution in [0.15, 0.2) is 16.7 Å². The van der Waals surface area contributed by atoms with Gasteiger partial charge in [-0.2, -0.15) is 4.98 Å². The number of nitrogens with one attached hydrogen (secondary N) is 1. The number of anilines is 1. The normalized spacial score (nSPS) is 20.1. The third kappa shape index (κ3) is 4.40. The number of amides is 1. The van der Waals surface area contributed by atoms with Gasteiger partial charge < -0.3 is 24.2 Å². The molecular formula is C21H27N5O4. The highest BCUT2D eigenvalue weighted by Gasteiger charge is 2.37. The fourth-order valence-corrected chi connectivity index (χ4v) is 3.65. The maximum absolute atomic E-state index is 13.0. The molecule has 0 aromatic carbocycles. The van der Waals surface area contributed by atoms with Gasteiger partial charge in [0.15, 0.2) is 5.82 Å². The molecule has 2 aliphatic carbocycles. The molecular weight excluding hydrogens is 386 g/mol. The van der Waals surface area contributed by atoms with E-state index in [0.29, 0.717) is 48.5 Å². The number of pyridine rings is 1. The Kier molecular flexibility index (Phi) is 5.28. The van der Waals surface area contributed by atoms with Gasteiger partial charge in [0.25, 0.3) is 5.91 Å². The molecule has 0 spiro atoms. The predicted octanol–water partition coefficient (Wildman–Crippen LogP) is 2.63. The molecule has 5 rings (SSSR count). The number of rotatable bonds is 8. The number of aromatic nitrogens is 3. The molecule has 0 bridgehead atoms. The van der Waals surface area contributed by atoms with Crippen molar-refractivity contribution >= 4 is 11.6 Å². The predicted molar refractivity (Wildman–Crippen MR) is 107 cm³/mol. The molecule has 2 aromatic rings. The zero-order valence-electron chi connectivity index (χ0n) is 17.2. The lowest BCUT2D eigenvalue weighted by atomic mass is 10.1. The molecule has 2 aromatic heterocycles. The van der Waals surface area contributed by atoms with Crippen molar-refractivity contribution < 1.29 is 18.8 Å². The third-order valence-corrected chi connectivity index (χ3v) is 5.73. The fraction of sp³-hybridized carbons (Fsp3) is 0.619. The van der Waals surface area contributed by atoms with Crippen molar-refractivity contribution in [3.05, 3.63) is 29.5 Å². The van der Waals surface area contributed by atoms with Gasteiger partial charge in [-0.3, -0.25) is 4.79 Å². The number of ether oxygens (including phenoxy) is 2. The molecule has 3 heterocycles. The van der Waals surface area contributed by atoms with Crippen LogP contribution >= 0.6 is 0 Å². The van der Waals surface area contributed by atoms with Crippen molar-refractivity contribution in [3.8, 4) is 5.88 Å². The minimum atomic E-state index is -0.261. The quantitative estimate of drug-likeness (QED) is 0.705. The summed E-state index contributed by atoms with van der Waals surface area (Å²) in [5.74, 6) is 2.19. The van der Waals surface area contributed by atoms with Crippen molar-refractivity contribution in [1.29, 1.82) is 0 Å². The standard InChI is InChI=1S/C21H27N5O4/c1-13-22-19(25-30-13)18(15-5-6-15)24-20(27)16-7-8-17(26-9-2-10-28-12-26)21(23-16)29-11-14-3-4-14/h7-8,14-15,18H,2-6,9-12H2,1H3,(H,24,27). The largest absolute Gasteiger partial charge is 0.476 e. The average molecular weight is 413 g/mol. The summed E-state index contributed by atoms with van der Waals surface area (Å²) in [6.07, 6.45) is 5.41. The van der Waals surface area contributed by atoms with E-state index >= 15 is 0 Å². The van der Waals surface area contributed by atoms with Crippen molar-refractivity contribution in [2.75, 3.05) is 31.4 Å². The molecule has 2 saturated carbocycles. The van der Waals surface area contributed by atoms with E-state index in [0.717, 1.165) is 38.1 Å². The van der Waals surface area contributed by atoms with Crippen LogP contribution in [0.1, 0.15) is 60.3 Å². The first-order valence-corrected chi connectivity index (χ1v) is 10.7. The van der Waals surface area contributed by atoms with Gasteiger partial charge in [-0.15, -0.1) is 0 Å². The summed E-state index contributed by atoms with van der Waals surface area (Å²) in [6, 6.07) is 3.39. The Hall–Kier alpha value is -2.68. The molecule has 1 atom stereocenters. The zero-order chi connectivity index (χ0) is 20.5. The Bertz CT molecular complexity index is 903. The highest BCUT2D eigenvalue weighted by atomic mass is 16.5. The topological polar surface area (TPSA) is 103 Å². The van der Waals surface area contributed by atoms with Gasteiger partial charge in [-0.1, -0.05) is 5.16 Å². The first kappa shape index (κ1) is 19.3. The van der Waals surface area contributed by atoms with Crippen LogP contribution in [0.3, 0.4) is 0 Å². The number of hydrogen-bond donors (Lipinski definition) is 1. The molecule has 9 nitrogen and oxygen atoms in total. The monoisotopic (exact) mass is 413 g/mol. The second kappa shape index (κ2) is 8.22. The molecule has 30 heavy (non-hydrogen) atoms. The molecule has 1 amide bonds. The van der Waals surface area contributed by atoms with E-state index < -0.39 is 0 Å². The summed E-state index contributed by atoms with van der Waals surface area (Å²) in [4.78, 5) is 24.0. The Morgan fingerprint density at radius 1 is 1.30 bits per heavy atom. The lowest BCUT2D eigenvalue weighted by Gasteiger charge is -2.29. The molecule has 3 fully saturated rings. The van der Waals surface area contributed by atoms with Crippen LogP contribution in [0.4, 0.5) is 5.69 Å². The van der Waals surface area contributed by atoms with Gasteiger partial charge in [0.1, 0.15) is 18.1 Å². The number of nitrogens with zero attached hydrogens (tertiary/aromatic N) is 4. The number of carbonyl (C=O) groups excluding carboxylic acids is 1.